The Morgan fingerprint density at radius 2 is 1.91 bits per heavy atom. The standard InChI is InChI=1S/C13H16ClNO6S/c1-7(2)11(12(16)17)15-22(19,20)10-5-4-8(14)6-9(10)13(18)21-3/h4-7,11,15H,1-3H3,(H,16,17)/t11-/m0/s1. The first-order chi connectivity index (χ1) is 10.1. The van der Waals surface area contributed by atoms with Gasteiger partial charge < -0.3 is 9.84 Å². The van der Waals surface area contributed by atoms with Gasteiger partial charge in [-0.3, -0.25) is 4.79 Å². The van der Waals surface area contributed by atoms with Crippen LogP contribution in [0.1, 0.15) is 24.2 Å². The third kappa shape index (κ3) is 4.19. The third-order valence-corrected chi connectivity index (χ3v) is 4.59. The van der Waals surface area contributed by atoms with Crippen LogP contribution in [0, 0.1) is 5.92 Å². The third-order valence-electron chi connectivity index (χ3n) is 2.85. The predicted molar refractivity (Wildman–Crippen MR) is 79.4 cm³/mol. The molecule has 9 heteroatoms. The van der Waals surface area contributed by atoms with Gasteiger partial charge in [-0.1, -0.05) is 25.4 Å². The van der Waals surface area contributed by atoms with Crippen LogP contribution in [0.5, 0.6) is 0 Å². The van der Waals surface area contributed by atoms with Crippen molar-refractivity contribution in [1.29, 1.82) is 0 Å². The molecule has 0 fully saturated rings. The lowest BCUT2D eigenvalue weighted by atomic mass is 10.1. The summed E-state index contributed by atoms with van der Waals surface area (Å²) in [6.07, 6.45) is 0. The highest BCUT2D eigenvalue weighted by Crippen LogP contribution is 2.22. The van der Waals surface area contributed by atoms with E-state index in [2.05, 4.69) is 9.46 Å². The Morgan fingerprint density at radius 3 is 2.36 bits per heavy atom. The topological polar surface area (TPSA) is 110 Å². The van der Waals surface area contributed by atoms with Gasteiger partial charge in [0, 0.05) is 5.02 Å². The highest BCUT2D eigenvalue weighted by Gasteiger charge is 2.30. The van der Waals surface area contributed by atoms with Gasteiger partial charge >= 0.3 is 11.9 Å². The van der Waals surface area contributed by atoms with Crippen molar-refractivity contribution in [2.75, 3.05) is 7.11 Å². The van der Waals surface area contributed by atoms with Crippen molar-refractivity contribution in [2.45, 2.75) is 24.8 Å². The van der Waals surface area contributed by atoms with Crippen LogP contribution in [-0.4, -0.2) is 38.6 Å². The number of aliphatic carboxylic acids is 1. The molecular weight excluding hydrogens is 334 g/mol. The number of benzene rings is 1. The quantitative estimate of drug-likeness (QED) is 0.753. The Labute approximate surface area is 133 Å². The van der Waals surface area contributed by atoms with Gasteiger partial charge in [-0.25, -0.2) is 13.2 Å². The lowest BCUT2D eigenvalue weighted by Crippen LogP contribution is -2.44. The van der Waals surface area contributed by atoms with E-state index >= 15 is 0 Å². The van der Waals surface area contributed by atoms with Gasteiger partial charge in [0.05, 0.1) is 17.6 Å². The SMILES string of the molecule is COC(=O)c1cc(Cl)ccc1S(=O)(=O)N[C@H](C(=O)O)C(C)C. The summed E-state index contributed by atoms with van der Waals surface area (Å²) in [5, 5.41) is 9.23. The smallest absolute Gasteiger partial charge is 0.339 e. The fourth-order valence-corrected chi connectivity index (χ4v) is 3.39. The van der Waals surface area contributed by atoms with Gasteiger partial charge in [0.25, 0.3) is 0 Å². The second-order valence-corrected chi connectivity index (χ2v) is 6.93. The Kier molecular flexibility index (Phi) is 5.92. The van der Waals surface area contributed by atoms with Crippen molar-refractivity contribution in [3.05, 3.63) is 28.8 Å². The van der Waals surface area contributed by atoms with E-state index in [1.807, 2.05) is 0 Å². The number of carboxylic acid groups (broad SMARTS) is 1. The average molecular weight is 350 g/mol. The second-order valence-electron chi connectivity index (χ2n) is 4.81. The molecule has 1 rings (SSSR count). The fourth-order valence-electron chi connectivity index (χ4n) is 1.71. The van der Waals surface area contributed by atoms with Gasteiger partial charge in [0.2, 0.25) is 10.0 Å². The van der Waals surface area contributed by atoms with Crippen molar-refractivity contribution in [1.82, 2.24) is 4.72 Å². The number of methoxy groups -OCH3 is 1. The van der Waals surface area contributed by atoms with Crippen LogP contribution in [0.15, 0.2) is 23.1 Å². The van der Waals surface area contributed by atoms with E-state index in [1.165, 1.54) is 6.07 Å². The molecular formula is C13H16ClNO6S. The molecule has 0 aliphatic heterocycles. The van der Waals surface area contributed by atoms with Gasteiger partial charge in [-0.15, -0.1) is 0 Å². The van der Waals surface area contributed by atoms with E-state index in [1.54, 1.807) is 13.8 Å². The number of carboxylic acids is 1. The molecule has 0 bridgehead atoms. The normalized spacial score (nSPS) is 13.0. The highest BCUT2D eigenvalue weighted by atomic mass is 35.5. The summed E-state index contributed by atoms with van der Waals surface area (Å²) in [7, 11) is -3.14. The van der Waals surface area contributed by atoms with Crippen molar-refractivity contribution in [2.24, 2.45) is 5.92 Å². The molecule has 0 radical (unpaired) electrons. The molecule has 0 spiro atoms. The zero-order chi connectivity index (χ0) is 17.1. The number of nitrogens with one attached hydrogen (secondary N) is 1. The number of rotatable bonds is 6. The highest BCUT2D eigenvalue weighted by molar-refractivity contribution is 7.89. The maximum absolute atomic E-state index is 12.4. The van der Waals surface area contributed by atoms with E-state index < -0.39 is 38.8 Å². The molecule has 0 saturated carbocycles. The molecule has 0 saturated heterocycles. The summed E-state index contributed by atoms with van der Waals surface area (Å²) >= 11 is 5.76. The fraction of sp³-hybridized carbons (Fsp3) is 0.385. The van der Waals surface area contributed by atoms with Crippen molar-refractivity contribution >= 4 is 33.6 Å². The average Bonchev–Trinajstić information content (AvgIpc) is 2.42. The largest absolute Gasteiger partial charge is 0.480 e. The number of carbonyl (C=O) groups is 2. The van der Waals surface area contributed by atoms with Crippen LogP contribution in [0.4, 0.5) is 0 Å². The summed E-state index contributed by atoms with van der Waals surface area (Å²) in [4.78, 5) is 22.4. The monoisotopic (exact) mass is 349 g/mol. The first kappa shape index (κ1) is 18.4. The summed E-state index contributed by atoms with van der Waals surface area (Å²) < 4.78 is 31.3. The molecule has 1 atom stereocenters. The van der Waals surface area contributed by atoms with E-state index in [-0.39, 0.29) is 10.6 Å². The van der Waals surface area contributed by atoms with Crippen LogP contribution in [-0.2, 0) is 19.6 Å². The molecule has 122 valence electrons. The molecule has 0 amide bonds. The van der Waals surface area contributed by atoms with E-state index in [9.17, 15) is 18.0 Å². The van der Waals surface area contributed by atoms with Gasteiger partial charge in [0.15, 0.2) is 0 Å². The van der Waals surface area contributed by atoms with Crippen molar-refractivity contribution in [3.8, 4) is 0 Å². The minimum absolute atomic E-state index is 0.151. The molecule has 1 aromatic carbocycles. The Hall–Kier alpha value is -1.64. The molecule has 0 aliphatic carbocycles. The molecule has 1 aromatic rings. The summed E-state index contributed by atoms with van der Waals surface area (Å²) in [6, 6.07) is 2.22. The van der Waals surface area contributed by atoms with Crippen LogP contribution in [0.2, 0.25) is 5.02 Å². The number of ether oxygens (including phenoxy) is 1. The number of hydrogen-bond donors (Lipinski definition) is 2. The second kappa shape index (κ2) is 7.08. The van der Waals surface area contributed by atoms with Gasteiger partial charge in [-0.05, 0) is 24.1 Å². The van der Waals surface area contributed by atoms with Crippen LogP contribution in [0.3, 0.4) is 0 Å². The predicted octanol–water partition coefficient (Wildman–Crippen LogP) is 1.51. The first-order valence-corrected chi connectivity index (χ1v) is 8.09. The molecule has 0 unspecified atom stereocenters. The molecule has 0 aromatic heterocycles. The molecule has 0 aliphatic rings. The lowest BCUT2D eigenvalue weighted by molar-refractivity contribution is -0.140. The summed E-state index contributed by atoms with van der Waals surface area (Å²) in [5.74, 6) is -2.69. The number of halogens is 1. The zero-order valence-electron chi connectivity index (χ0n) is 12.2. The van der Waals surface area contributed by atoms with E-state index in [0.717, 1.165) is 19.2 Å². The van der Waals surface area contributed by atoms with Crippen LogP contribution in [0.25, 0.3) is 0 Å². The Bertz CT molecular complexity index is 686. The maximum Gasteiger partial charge on any atom is 0.339 e. The minimum atomic E-state index is -4.24. The lowest BCUT2D eigenvalue weighted by Gasteiger charge is -2.19. The zero-order valence-corrected chi connectivity index (χ0v) is 13.7. The van der Waals surface area contributed by atoms with E-state index in [0.29, 0.717) is 0 Å². The molecule has 0 heterocycles. The number of hydrogen-bond acceptors (Lipinski definition) is 5. The Balaban J connectivity index is 3.34. The van der Waals surface area contributed by atoms with Crippen molar-refractivity contribution < 1.29 is 27.9 Å². The first-order valence-electron chi connectivity index (χ1n) is 6.23. The number of esters is 1. The maximum atomic E-state index is 12.4. The van der Waals surface area contributed by atoms with Gasteiger partial charge in [-0.2, -0.15) is 4.72 Å². The molecule has 22 heavy (non-hydrogen) atoms. The number of sulfonamides is 1. The van der Waals surface area contributed by atoms with Crippen molar-refractivity contribution in [3.63, 3.8) is 0 Å². The Morgan fingerprint density at radius 1 is 1.32 bits per heavy atom. The summed E-state index contributed by atoms with van der Waals surface area (Å²) in [5.41, 5.74) is -0.268. The van der Waals surface area contributed by atoms with Crippen LogP contribution >= 0.6 is 11.6 Å². The molecule has 7 nitrogen and oxygen atoms in total. The summed E-state index contributed by atoms with van der Waals surface area (Å²) in [6.45, 7) is 3.12. The minimum Gasteiger partial charge on any atom is -0.480 e. The molecule has 2 N–H and O–H groups in total. The number of carbonyl (C=O) groups excluding carboxylic acids is 1. The van der Waals surface area contributed by atoms with Gasteiger partial charge in [0.1, 0.15) is 6.04 Å². The van der Waals surface area contributed by atoms with E-state index in [4.69, 9.17) is 16.7 Å². The van der Waals surface area contributed by atoms with Crippen LogP contribution < -0.4 is 4.72 Å².